The van der Waals surface area contributed by atoms with Gasteiger partial charge in [0.15, 0.2) is 0 Å². The van der Waals surface area contributed by atoms with Crippen LogP contribution in [-0.4, -0.2) is 17.8 Å². The molecule has 0 spiro atoms. The first-order valence-electron chi connectivity index (χ1n) is 4.30. The molecule has 72 valence electrons. The van der Waals surface area contributed by atoms with E-state index in [9.17, 15) is 0 Å². The van der Waals surface area contributed by atoms with Crippen molar-refractivity contribution in [2.75, 3.05) is 23.5 Å². The molecule has 0 bridgehead atoms. The van der Waals surface area contributed by atoms with Crippen LogP contribution in [0, 0.1) is 0 Å². The first-order valence-corrected chi connectivity index (χ1v) is 6.68. The molecule has 0 radical (unpaired) electrons. The molecule has 0 saturated carbocycles. The summed E-state index contributed by atoms with van der Waals surface area (Å²) in [6, 6.07) is 8.07. The van der Waals surface area contributed by atoms with Gasteiger partial charge in [-0.25, -0.2) is 0 Å². The lowest BCUT2D eigenvalue weighted by Gasteiger charge is -2.01. The molecule has 1 aromatic carbocycles. The van der Waals surface area contributed by atoms with Gasteiger partial charge in [-0.2, -0.15) is 11.8 Å². The van der Waals surface area contributed by atoms with E-state index in [1.165, 1.54) is 22.8 Å². The molecule has 0 unspecified atom stereocenters. The summed E-state index contributed by atoms with van der Waals surface area (Å²) in [6.45, 7) is 0. The Hall–Kier alpha value is -0.280. The van der Waals surface area contributed by atoms with Gasteiger partial charge in [0.1, 0.15) is 0 Å². The van der Waals surface area contributed by atoms with Crippen molar-refractivity contribution in [2.45, 2.75) is 11.3 Å². The fourth-order valence-corrected chi connectivity index (χ4v) is 2.53. The first kappa shape index (κ1) is 10.8. The van der Waals surface area contributed by atoms with E-state index in [1.807, 2.05) is 41.7 Å². The largest absolute Gasteiger partial charge is 0.399 e. The quantitative estimate of drug-likeness (QED) is 0.462. The molecule has 3 heteroatoms. The summed E-state index contributed by atoms with van der Waals surface area (Å²) in [5.74, 6) is 2.43. The number of rotatable bonds is 5. The summed E-state index contributed by atoms with van der Waals surface area (Å²) >= 11 is 3.78. The smallest absolute Gasteiger partial charge is 0.0325 e. The summed E-state index contributed by atoms with van der Waals surface area (Å²) in [5.41, 5.74) is 6.53. The summed E-state index contributed by atoms with van der Waals surface area (Å²) in [5, 5.41) is 0. The van der Waals surface area contributed by atoms with Crippen LogP contribution in [0.2, 0.25) is 0 Å². The van der Waals surface area contributed by atoms with Crippen LogP contribution in [0.25, 0.3) is 0 Å². The second-order valence-electron chi connectivity index (χ2n) is 2.77. The van der Waals surface area contributed by atoms with Gasteiger partial charge in [-0.05, 0) is 42.4 Å². The van der Waals surface area contributed by atoms with Crippen LogP contribution in [0.5, 0.6) is 0 Å². The summed E-state index contributed by atoms with van der Waals surface area (Å²) in [6.07, 6.45) is 3.41. The maximum absolute atomic E-state index is 5.67. The number of hydrogen-bond donors (Lipinski definition) is 1. The van der Waals surface area contributed by atoms with E-state index < -0.39 is 0 Å². The van der Waals surface area contributed by atoms with Crippen molar-refractivity contribution in [1.82, 2.24) is 0 Å². The Morgan fingerprint density at radius 2 is 2.15 bits per heavy atom. The minimum atomic E-state index is 0.856. The zero-order valence-corrected chi connectivity index (χ0v) is 9.46. The van der Waals surface area contributed by atoms with E-state index in [-0.39, 0.29) is 0 Å². The van der Waals surface area contributed by atoms with E-state index in [0.717, 1.165) is 5.69 Å². The van der Waals surface area contributed by atoms with Crippen LogP contribution < -0.4 is 5.73 Å². The number of thioether (sulfide) groups is 2. The van der Waals surface area contributed by atoms with Crippen molar-refractivity contribution in [2.24, 2.45) is 0 Å². The van der Waals surface area contributed by atoms with Crippen LogP contribution in [-0.2, 0) is 0 Å². The molecule has 0 saturated heterocycles. The van der Waals surface area contributed by atoms with Gasteiger partial charge < -0.3 is 5.73 Å². The van der Waals surface area contributed by atoms with Gasteiger partial charge in [0.05, 0.1) is 0 Å². The second kappa shape index (κ2) is 6.22. The van der Waals surface area contributed by atoms with Crippen LogP contribution in [0.3, 0.4) is 0 Å². The number of hydrogen-bond acceptors (Lipinski definition) is 3. The molecule has 1 aromatic rings. The average molecular weight is 213 g/mol. The Morgan fingerprint density at radius 1 is 1.31 bits per heavy atom. The van der Waals surface area contributed by atoms with Crippen molar-refractivity contribution in [3.8, 4) is 0 Å². The zero-order valence-electron chi connectivity index (χ0n) is 7.82. The molecular weight excluding hydrogens is 198 g/mol. The van der Waals surface area contributed by atoms with Crippen LogP contribution >= 0.6 is 23.5 Å². The van der Waals surface area contributed by atoms with Crippen LogP contribution in [0.15, 0.2) is 29.2 Å². The van der Waals surface area contributed by atoms with E-state index in [4.69, 9.17) is 5.73 Å². The molecule has 0 atom stereocenters. The Morgan fingerprint density at radius 3 is 2.85 bits per heavy atom. The van der Waals surface area contributed by atoms with Crippen LogP contribution in [0.1, 0.15) is 6.42 Å². The molecule has 0 aromatic heterocycles. The van der Waals surface area contributed by atoms with Crippen molar-refractivity contribution in [1.29, 1.82) is 0 Å². The topological polar surface area (TPSA) is 26.0 Å². The Kier molecular flexibility index (Phi) is 5.16. The fraction of sp³-hybridized carbons (Fsp3) is 0.400. The summed E-state index contributed by atoms with van der Waals surface area (Å²) in [4.78, 5) is 1.28. The lowest BCUT2D eigenvalue weighted by molar-refractivity contribution is 1.12. The van der Waals surface area contributed by atoms with E-state index in [0.29, 0.717) is 0 Å². The molecule has 0 aliphatic rings. The molecular formula is C10H15NS2. The maximum atomic E-state index is 5.67. The molecule has 2 N–H and O–H groups in total. The normalized spacial score (nSPS) is 10.2. The van der Waals surface area contributed by atoms with Gasteiger partial charge in [-0.1, -0.05) is 6.07 Å². The fourth-order valence-electron chi connectivity index (χ4n) is 0.998. The Bertz CT molecular complexity index is 250. The van der Waals surface area contributed by atoms with E-state index in [2.05, 4.69) is 12.3 Å². The average Bonchev–Trinajstić information content (AvgIpc) is 2.13. The summed E-state index contributed by atoms with van der Waals surface area (Å²) in [7, 11) is 0. The third-order valence-electron chi connectivity index (χ3n) is 1.62. The SMILES string of the molecule is CSCCCSc1cccc(N)c1. The molecule has 0 aliphatic carbocycles. The minimum Gasteiger partial charge on any atom is -0.399 e. The molecule has 13 heavy (non-hydrogen) atoms. The zero-order chi connectivity index (χ0) is 9.52. The van der Waals surface area contributed by atoms with E-state index in [1.54, 1.807) is 0 Å². The lowest BCUT2D eigenvalue weighted by atomic mass is 10.3. The van der Waals surface area contributed by atoms with Gasteiger partial charge in [-0.3, -0.25) is 0 Å². The number of benzene rings is 1. The summed E-state index contributed by atoms with van der Waals surface area (Å²) < 4.78 is 0. The van der Waals surface area contributed by atoms with Gasteiger partial charge >= 0.3 is 0 Å². The Balaban J connectivity index is 2.28. The van der Waals surface area contributed by atoms with Crippen molar-refractivity contribution >= 4 is 29.2 Å². The van der Waals surface area contributed by atoms with Crippen molar-refractivity contribution in [3.63, 3.8) is 0 Å². The highest BCUT2D eigenvalue weighted by atomic mass is 32.2. The lowest BCUT2D eigenvalue weighted by Crippen LogP contribution is -1.86. The molecule has 0 amide bonds. The van der Waals surface area contributed by atoms with Gasteiger partial charge in [0.25, 0.3) is 0 Å². The van der Waals surface area contributed by atoms with Gasteiger partial charge in [-0.15, -0.1) is 11.8 Å². The number of nitrogen functional groups attached to an aromatic ring is 1. The number of nitrogens with two attached hydrogens (primary N) is 1. The molecule has 1 rings (SSSR count). The maximum Gasteiger partial charge on any atom is 0.0325 e. The third kappa shape index (κ3) is 4.48. The molecule has 0 aliphatic heterocycles. The molecule has 1 nitrogen and oxygen atoms in total. The highest BCUT2D eigenvalue weighted by Crippen LogP contribution is 2.21. The van der Waals surface area contributed by atoms with Gasteiger partial charge in [0, 0.05) is 10.6 Å². The highest BCUT2D eigenvalue weighted by molar-refractivity contribution is 7.99. The predicted octanol–water partition coefficient (Wildman–Crippen LogP) is 3.11. The molecule has 0 heterocycles. The third-order valence-corrected chi connectivity index (χ3v) is 3.40. The highest BCUT2D eigenvalue weighted by Gasteiger charge is 1.93. The second-order valence-corrected chi connectivity index (χ2v) is 4.92. The van der Waals surface area contributed by atoms with Crippen molar-refractivity contribution in [3.05, 3.63) is 24.3 Å². The first-order chi connectivity index (χ1) is 6.33. The minimum absolute atomic E-state index is 0.856. The van der Waals surface area contributed by atoms with Crippen LogP contribution in [0.4, 0.5) is 5.69 Å². The van der Waals surface area contributed by atoms with E-state index >= 15 is 0 Å². The molecule has 0 fully saturated rings. The van der Waals surface area contributed by atoms with Crippen molar-refractivity contribution < 1.29 is 0 Å². The predicted molar refractivity (Wildman–Crippen MR) is 64.6 cm³/mol. The monoisotopic (exact) mass is 213 g/mol. The number of anilines is 1. The van der Waals surface area contributed by atoms with Gasteiger partial charge in [0.2, 0.25) is 0 Å². The standard InChI is InChI=1S/C10H15NS2/c1-12-6-3-7-13-10-5-2-4-9(11)8-10/h2,4-5,8H,3,6-7,11H2,1H3. The Labute approximate surface area is 88.5 Å².